The molecule has 0 bridgehead atoms. The van der Waals surface area contributed by atoms with Crippen molar-refractivity contribution in [1.82, 2.24) is 0 Å². The Hall–Kier alpha value is -1.87. The number of rotatable bonds is 6. The highest BCUT2D eigenvalue weighted by atomic mass is 19.1. The molecule has 0 aromatic heterocycles. The highest BCUT2D eigenvalue weighted by Crippen LogP contribution is 2.21. The first-order valence-electron chi connectivity index (χ1n) is 6.76. The van der Waals surface area contributed by atoms with Gasteiger partial charge in [0.2, 0.25) is 0 Å². The van der Waals surface area contributed by atoms with E-state index in [0.29, 0.717) is 6.42 Å². The average Bonchev–Trinajstić information content (AvgIpc) is 2.48. The molecule has 0 saturated carbocycles. The minimum Gasteiger partial charge on any atom is -0.494 e. The third-order valence-corrected chi connectivity index (χ3v) is 3.34. The van der Waals surface area contributed by atoms with Gasteiger partial charge in [-0.25, -0.2) is 4.39 Å². The molecule has 2 nitrogen and oxygen atoms in total. The Balaban J connectivity index is 1.85. The second-order valence-corrected chi connectivity index (χ2v) is 4.79. The SMILES string of the molecule is COc1ccc(CCCC(O)c2ccccc2)cc1F. The third-order valence-electron chi connectivity index (χ3n) is 3.34. The van der Waals surface area contributed by atoms with Crippen LogP contribution >= 0.6 is 0 Å². The van der Waals surface area contributed by atoms with Crippen LogP contribution in [0.1, 0.15) is 30.1 Å². The molecule has 0 fully saturated rings. The molecule has 2 rings (SSSR count). The molecule has 1 unspecified atom stereocenters. The standard InChI is InChI=1S/C17H19FO2/c1-20-17-11-10-13(12-15(17)18)6-5-9-16(19)14-7-3-2-4-8-14/h2-4,7-8,10-12,16,19H,5-6,9H2,1H3. The Morgan fingerprint density at radius 3 is 2.55 bits per heavy atom. The Morgan fingerprint density at radius 2 is 1.90 bits per heavy atom. The first kappa shape index (κ1) is 14.5. The van der Waals surface area contributed by atoms with Crippen molar-refractivity contribution in [1.29, 1.82) is 0 Å². The molecule has 0 aliphatic carbocycles. The van der Waals surface area contributed by atoms with Crippen LogP contribution in [0.5, 0.6) is 5.75 Å². The van der Waals surface area contributed by atoms with E-state index in [1.807, 2.05) is 36.4 Å². The molecule has 0 spiro atoms. The zero-order valence-corrected chi connectivity index (χ0v) is 11.6. The normalized spacial score (nSPS) is 12.2. The summed E-state index contributed by atoms with van der Waals surface area (Å²) in [6, 6.07) is 14.6. The number of methoxy groups -OCH3 is 1. The van der Waals surface area contributed by atoms with Crippen LogP contribution in [0.2, 0.25) is 0 Å². The summed E-state index contributed by atoms with van der Waals surface area (Å²) in [5.74, 6) is -0.0771. The molecule has 1 atom stereocenters. The number of aliphatic hydroxyl groups excluding tert-OH is 1. The molecular weight excluding hydrogens is 255 g/mol. The summed E-state index contributed by atoms with van der Waals surface area (Å²) >= 11 is 0. The van der Waals surface area contributed by atoms with E-state index in [0.717, 1.165) is 24.0 Å². The van der Waals surface area contributed by atoms with E-state index in [2.05, 4.69) is 0 Å². The van der Waals surface area contributed by atoms with E-state index in [1.165, 1.54) is 13.2 Å². The van der Waals surface area contributed by atoms with Crippen LogP contribution in [-0.2, 0) is 6.42 Å². The van der Waals surface area contributed by atoms with Gasteiger partial charge in [0.15, 0.2) is 11.6 Å². The van der Waals surface area contributed by atoms with E-state index < -0.39 is 6.10 Å². The van der Waals surface area contributed by atoms with Crippen LogP contribution in [-0.4, -0.2) is 12.2 Å². The van der Waals surface area contributed by atoms with Crippen LogP contribution in [0.15, 0.2) is 48.5 Å². The zero-order chi connectivity index (χ0) is 14.4. The summed E-state index contributed by atoms with van der Waals surface area (Å²) in [5.41, 5.74) is 1.84. The lowest BCUT2D eigenvalue weighted by molar-refractivity contribution is 0.164. The van der Waals surface area contributed by atoms with Gasteiger partial charge in [-0.1, -0.05) is 36.4 Å². The number of ether oxygens (including phenoxy) is 1. The predicted molar refractivity (Wildman–Crippen MR) is 77.3 cm³/mol. The predicted octanol–water partition coefficient (Wildman–Crippen LogP) is 3.89. The lowest BCUT2D eigenvalue weighted by atomic mass is 10.0. The molecule has 106 valence electrons. The number of benzene rings is 2. The summed E-state index contributed by atoms with van der Waals surface area (Å²) in [7, 11) is 1.45. The summed E-state index contributed by atoms with van der Waals surface area (Å²) < 4.78 is 18.4. The molecule has 0 aliphatic rings. The Bertz CT molecular complexity index is 540. The van der Waals surface area contributed by atoms with Gasteiger partial charge in [-0.05, 0) is 42.5 Å². The van der Waals surface area contributed by atoms with Crippen molar-refractivity contribution in [2.24, 2.45) is 0 Å². The fourth-order valence-corrected chi connectivity index (χ4v) is 2.21. The Labute approximate surface area is 118 Å². The maximum Gasteiger partial charge on any atom is 0.165 e. The fourth-order valence-electron chi connectivity index (χ4n) is 2.21. The maximum absolute atomic E-state index is 13.5. The molecule has 20 heavy (non-hydrogen) atoms. The third kappa shape index (κ3) is 3.81. The van der Waals surface area contributed by atoms with E-state index in [1.54, 1.807) is 6.07 Å². The van der Waals surface area contributed by atoms with Crippen molar-refractivity contribution < 1.29 is 14.2 Å². The Kier molecular flexibility index (Phi) is 5.13. The van der Waals surface area contributed by atoms with Gasteiger partial charge in [-0.15, -0.1) is 0 Å². The molecule has 1 N–H and O–H groups in total. The largest absolute Gasteiger partial charge is 0.494 e. The van der Waals surface area contributed by atoms with Gasteiger partial charge >= 0.3 is 0 Å². The topological polar surface area (TPSA) is 29.5 Å². The number of halogens is 1. The van der Waals surface area contributed by atoms with Crippen LogP contribution in [0.25, 0.3) is 0 Å². The highest BCUT2D eigenvalue weighted by Gasteiger charge is 2.08. The molecule has 0 heterocycles. The summed E-state index contributed by atoms with van der Waals surface area (Å²) in [4.78, 5) is 0. The first-order valence-corrected chi connectivity index (χ1v) is 6.76. The van der Waals surface area contributed by atoms with Gasteiger partial charge in [0.1, 0.15) is 0 Å². The first-order chi connectivity index (χ1) is 9.70. The molecule has 0 radical (unpaired) electrons. The summed E-state index contributed by atoms with van der Waals surface area (Å²) in [6.45, 7) is 0. The molecule has 0 amide bonds. The molecule has 2 aromatic rings. The minimum absolute atomic E-state index is 0.262. The van der Waals surface area contributed by atoms with Crippen molar-refractivity contribution in [3.8, 4) is 5.75 Å². The molecule has 2 aromatic carbocycles. The number of aryl methyl sites for hydroxylation is 1. The van der Waals surface area contributed by atoms with Crippen LogP contribution in [0, 0.1) is 5.82 Å². The Morgan fingerprint density at radius 1 is 1.15 bits per heavy atom. The van der Waals surface area contributed by atoms with E-state index >= 15 is 0 Å². The van der Waals surface area contributed by atoms with E-state index in [-0.39, 0.29) is 11.6 Å². The summed E-state index contributed by atoms with van der Waals surface area (Å²) in [6.07, 6.45) is 1.75. The van der Waals surface area contributed by atoms with Crippen LogP contribution in [0.3, 0.4) is 0 Å². The van der Waals surface area contributed by atoms with Crippen molar-refractivity contribution >= 4 is 0 Å². The van der Waals surface area contributed by atoms with Crippen molar-refractivity contribution in [2.45, 2.75) is 25.4 Å². The minimum atomic E-state index is -0.459. The monoisotopic (exact) mass is 274 g/mol. The van der Waals surface area contributed by atoms with Gasteiger partial charge in [0.25, 0.3) is 0 Å². The van der Waals surface area contributed by atoms with Gasteiger partial charge in [-0.2, -0.15) is 0 Å². The molecule has 0 aliphatic heterocycles. The second-order valence-electron chi connectivity index (χ2n) is 4.79. The van der Waals surface area contributed by atoms with E-state index in [4.69, 9.17) is 4.74 Å². The molecule has 0 saturated heterocycles. The van der Waals surface area contributed by atoms with Gasteiger partial charge < -0.3 is 9.84 Å². The lowest BCUT2D eigenvalue weighted by Gasteiger charge is -2.11. The van der Waals surface area contributed by atoms with Crippen molar-refractivity contribution in [3.05, 3.63) is 65.5 Å². The number of hydrogen-bond donors (Lipinski definition) is 1. The van der Waals surface area contributed by atoms with Crippen LogP contribution < -0.4 is 4.74 Å². The maximum atomic E-state index is 13.5. The van der Waals surface area contributed by atoms with Gasteiger partial charge in [0, 0.05) is 0 Å². The quantitative estimate of drug-likeness (QED) is 0.866. The summed E-state index contributed by atoms with van der Waals surface area (Å²) in [5, 5.41) is 10.0. The van der Waals surface area contributed by atoms with Crippen LogP contribution in [0.4, 0.5) is 4.39 Å². The number of aliphatic hydroxyl groups is 1. The highest BCUT2D eigenvalue weighted by molar-refractivity contribution is 5.29. The van der Waals surface area contributed by atoms with Crippen molar-refractivity contribution in [2.75, 3.05) is 7.11 Å². The molecular formula is C17H19FO2. The van der Waals surface area contributed by atoms with Crippen molar-refractivity contribution in [3.63, 3.8) is 0 Å². The average molecular weight is 274 g/mol. The second kappa shape index (κ2) is 7.06. The van der Waals surface area contributed by atoms with E-state index in [9.17, 15) is 9.50 Å². The van der Waals surface area contributed by atoms with Gasteiger partial charge in [-0.3, -0.25) is 0 Å². The zero-order valence-electron chi connectivity index (χ0n) is 11.6. The fraction of sp³-hybridized carbons (Fsp3) is 0.294. The number of hydrogen-bond acceptors (Lipinski definition) is 2. The lowest BCUT2D eigenvalue weighted by Crippen LogP contribution is -1.98. The smallest absolute Gasteiger partial charge is 0.165 e. The van der Waals surface area contributed by atoms with Gasteiger partial charge in [0.05, 0.1) is 13.2 Å². The molecule has 3 heteroatoms.